The van der Waals surface area contributed by atoms with Crippen LogP contribution >= 0.6 is 0 Å². The molecular formula is C25H27N7O12. The lowest BCUT2D eigenvalue weighted by atomic mass is 10.1. The van der Waals surface area contributed by atoms with Crippen LogP contribution in [-0.2, 0) is 27.5 Å². The van der Waals surface area contributed by atoms with Gasteiger partial charge >= 0.3 is 18.3 Å². The number of carbonyl (C=O) groups excluding carboxylic acids is 3. The normalized spacial score (nSPS) is 13.0. The van der Waals surface area contributed by atoms with E-state index < -0.39 is 65.1 Å². The fraction of sp³-hybridized carbons (Fsp3) is 0.320. The van der Waals surface area contributed by atoms with Crippen molar-refractivity contribution in [3.8, 4) is 0 Å². The molecule has 1 aliphatic heterocycles. The molecule has 4 amide bonds. The number of alkyl carbamates (subject to hydrolysis) is 2. The number of aliphatic hydroxyl groups is 1. The van der Waals surface area contributed by atoms with Gasteiger partial charge in [0.25, 0.3) is 11.4 Å². The third kappa shape index (κ3) is 10.5. The van der Waals surface area contributed by atoms with E-state index in [2.05, 4.69) is 20.9 Å². The number of guanidine groups is 1. The molecule has 0 aromatic heterocycles. The number of rotatable bonds is 11. The molecule has 1 fully saturated rings. The van der Waals surface area contributed by atoms with E-state index in [-0.39, 0.29) is 37.7 Å². The number of carboxylic acid groups (broad SMARTS) is 1. The molecular weight excluding hydrogens is 590 g/mol. The first-order valence-corrected chi connectivity index (χ1v) is 12.7. The van der Waals surface area contributed by atoms with Crippen LogP contribution in [0.5, 0.6) is 0 Å². The molecule has 2 aromatic rings. The van der Waals surface area contributed by atoms with Crippen molar-refractivity contribution >= 4 is 41.5 Å². The quantitative estimate of drug-likeness (QED) is 0.103. The number of aliphatic hydroxyl groups excluding tert-OH is 1. The van der Waals surface area contributed by atoms with Crippen LogP contribution in [0.15, 0.2) is 53.5 Å². The lowest BCUT2D eigenvalue weighted by Gasteiger charge is -2.37. The van der Waals surface area contributed by atoms with Gasteiger partial charge in [-0.05, 0) is 35.4 Å². The Hall–Kier alpha value is -5.85. The number of nitrogens with one attached hydrogen (secondary N) is 3. The van der Waals surface area contributed by atoms with Gasteiger partial charge in [0, 0.05) is 37.4 Å². The van der Waals surface area contributed by atoms with Gasteiger partial charge in [-0.3, -0.25) is 35.7 Å². The first kappa shape index (κ1) is 32.7. The second kappa shape index (κ2) is 15.4. The maximum absolute atomic E-state index is 12.4. The number of nitro groups is 2. The summed E-state index contributed by atoms with van der Waals surface area (Å²) >= 11 is 0. The zero-order valence-electron chi connectivity index (χ0n) is 22.8. The Morgan fingerprint density at radius 1 is 0.886 bits per heavy atom. The van der Waals surface area contributed by atoms with Gasteiger partial charge in [-0.15, -0.1) is 0 Å². The van der Waals surface area contributed by atoms with Gasteiger partial charge in [0.05, 0.1) is 35.0 Å². The van der Waals surface area contributed by atoms with E-state index in [1.165, 1.54) is 48.5 Å². The van der Waals surface area contributed by atoms with Gasteiger partial charge in [0.2, 0.25) is 11.9 Å². The van der Waals surface area contributed by atoms with Gasteiger partial charge in [-0.25, -0.2) is 19.4 Å². The summed E-state index contributed by atoms with van der Waals surface area (Å²) in [6, 6.07) is 9.97. The summed E-state index contributed by atoms with van der Waals surface area (Å²) in [5.41, 5.74) is 0.510. The van der Waals surface area contributed by atoms with Crippen LogP contribution in [0.25, 0.3) is 0 Å². The molecule has 0 saturated carbocycles. The zero-order chi connectivity index (χ0) is 32.2. The molecule has 1 heterocycles. The molecule has 3 rings (SSSR count). The summed E-state index contributed by atoms with van der Waals surface area (Å²) in [5.74, 6) is -1.09. The first-order chi connectivity index (χ1) is 20.9. The van der Waals surface area contributed by atoms with E-state index in [1.54, 1.807) is 0 Å². The number of hydrogen-bond donors (Lipinski definition) is 5. The summed E-state index contributed by atoms with van der Waals surface area (Å²) in [5, 5.41) is 47.6. The summed E-state index contributed by atoms with van der Waals surface area (Å²) in [7, 11) is 0. The van der Waals surface area contributed by atoms with E-state index in [0.29, 0.717) is 11.1 Å². The Balaban J connectivity index is 1.56. The molecule has 19 heteroatoms. The van der Waals surface area contributed by atoms with Crippen molar-refractivity contribution in [3.63, 3.8) is 0 Å². The van der Waals surface area contributed by atoms with Crippen LogP contribution in [0.2, 0.25) is 0 Å². The molecule has 1 saturated heterocycles. The highest BCUT2D eigenvalue weighted by molar-refractivity contribution is 6.01. The summed E-state index contributed by atoms with van der Waals surface area (Å²) in [6.45, 7) is -0.857. The topological polar surface area (TPSA) is 265 Å². The van der Waals surface area contributed by atoms with Gasteiger partial charge in [0.1, 0.15) is 13.2 Å². The Kier molecular flexibility index (Phi) is 11.4. The smallest absolute Gasteiger partial charge is 0.414 e. The van der Waals surface area contributed by atoms with Crippen LogP contribution in [0.4, 0.5) is 25.8 Å². The maximum Gasteiger partial charge on any atom is 0.414 e. The van der Waals surface area contributed by atoms with Crippen LogP contribution in [0.1, 0.15) is 17.5 Å². The summed E-state index contributed by atoms with van der Waals surface area (Å²) < 4.78 is 10.1. The predicted octanol–water partition coefficient (Wildman–Crippen LogP) is 1.24. The number of nitro benzene ring substituents is 2. The van der Waals surface area contributed by atoms with Crippen molar-refractivity contribution in [2.24, 2.45) is 4.99 Å². The monoisotopic (exact) mass is 617 g/mol. The molecule has 1 unspecified atom stereocenters. The van der Waals surface area contributed by atoms with E-state index in [1.807, 2.05) is 0 Å². The fourth-order valence-electron chi connectivity index (χ4n) is 3.59. The van der Waals surface area contributed by atoms with E-state index in [4.69, 9.17) is 14.6 Å². The second-order valence-corrected chi connectivity index (χ2v) is 9.25. The molecule has 0 aliphatic carbocycles. The molecule has 1 atom stereocenters. The van der Waals surface area contributed by atoms with Crippen molar-refractivity contribution in [1.82, 2.24) is 20.9 Å². The molecule has 44 heavy (non-hydrogen) atoms. The zero-order valence-corrected chi connectivity index (χ0v) is 22.8. The fourth-order valence-corrected chi connectivity index (χ4v) is 3.59. The number of hydrogen-bond acceptors (Lipinski definition) is 12. The number of aliphatic imine (C=N–C) groups is 1. The van der Waals surface area contributed by atoms with Crippen molar-refractivity contribution in [2.45, 2.75) is 31.8 Å². The summed E-state index contributed by atoms with van der Waals surface area (Å²) in [6.07, 6.45) is -5.10. The van der Waals surface area contributed by atoms with Crippen LogP contribution in [0, 0.1) is 20.2 Å². The van der Waals surface area contributed by atoms with Crippen molar-refractivity contribution in [1.29, 1.82) is 0 Å². The third-order valence-electron chi connectivity index (χ3n) is 5.87. The van der Waals surface area contributed by atoms with Gasteiger partial charge in [-0.2, -0.15) is 0 Å². The molecule has 5 N–H and O–H groups in total. The second-order valence-electron chi connectivity index (χ2n) is 9.25. The van der Waals surface area contributed by atoms with Crippen molar-refractivity contribution in [3.05, 3.63) is 79.9 Å². The Bertz CT molecular complexity index is 1330. The highest BCUT2D eigenvalue weighted by Gasteiger charge is 2.31. The average molecular weight is 618 g/mol. The number of non-ortho nitro benzene ring substituents is 2. The minimum atomic E-state index is -1.36. The number of ether oxygens (including phenoxy) is 2. The highest BCUT2D eigenvalue weighted by atomic mass is 16.6. The number of likely N-dealkylation sites (tertiary alicyclic amines) is 1. The largest absolute Gasteiger partial charge is 0.465 e. The Labute approximate surface area is 247 Å². The van der Waals surface area contributed by atoms with E-state index in [9.17, 15) is 44.5 Å². The highest BCUT2D eigenvalue weighted by Crippen LogP contribution is 2.14. The predicted molar refractivity (Wildman–Crippen MR) is 147 cm³/mol. The van der Waals surface area contributed by atoms with Crippen LogP contribution in [-0.4, -0.2) is 86.9 Å². The molecule has 19 nitrogen and oxygen atoms in total. The SMILES string of the molecule is O=C(CC(O)CN=C(NC(=O)OCc1ccc([N+](=O)[O-])cc1)NC(=O)OCc1ccc([N+](=O)[O-])cc1)NC1CN(C(=O)O)C1. The lowest BCUT2D eigenvalue weighted by molar-refractivity contribution is -0.385. The number of nitrogens with zero attached hydrogens (tertiary/aromatic N) is 4. The molecule has 234 valence electrons. The lowest BCUT2D eigenvalue weighted by Crippen LogP contribution is -2.60. The average Bonchev–Trinajstić information content (AvgIpc) is 2.95. The molecule has 0 spiro atoms. The molecule has 0 radical (unpaired) electrons. The van der Waals surface area contributed by atoms with Crippen molar-refractivity contribution < 1.29 is 48.7 Å². The van der Waals surface area contributed by atoms with Gasteiger partial charge in [-0.1, -0.05) is 0 Å². The minimum absolute atomic E-state index is 0.108. The van der Waals surface area contributed by atoms with E-state index in [0.717, 1.165) is 4.90 Å². The minimum Gasteiger partial charge on any atom is -0.465 e. The van der Waals surface area contributed by atoms with Gasteiger partial charge < -0.3 is 29.9 Å². The Morgan fingerprint density at radius 2 is 1.34 bits per heavy atom. The van der Waals surface area contributed by atoms with Gasteiger partial charge in [0.15, 0.2) is 0 Å². The molecule has 1 aliphatic rings. The molecule has 2 aromatic carbocycles. The number of benzene rings is 2. The van der Waals surface area contributed by atoms with Crippen LogP contribution in [0.3, 0.4) is 0 Å². The number of carbonyl (C=O) groups is 4. The standard InChI is InChI=1S/C25H27N7O12/c33-20(9-21(34)27-17-11-30(12-17)25(37)38)10-26-22(28-23(35)43-13-15-1-5-18(6-2-15)31(39)40)29-24(36)44-14-16-3-7-19(8-4-16)32(41)42/h1-8,17,20,33H,9-14H2,(H,27,34)(H,37,38)(H2,26,28,29,35,36). The first-order valence-electron chi connectivity index (χ1n) is 12.7. The molecule has 0 bridgehead atoms. The maximum atomic E-state index is 12.4. The Morgan fingerprint density at radius 3 is 1.75 bits per heavy atom. The summed E-state index contributed by atoms with van der Waals surface area (Å²) in [4.78, 5) is 73.1. The van der Waals surface area contributed by atoms with Crippen LogP contribution < -0.4 is 16.0 Å². The number of amides is 4. The van der Waals surface area contributed by atoms with E-state index >= 15 is 0 Å². The van der Waals surface area contributed by atoms with Crippen molar-refractivity contribution in [2.75, 3.05) is 19.6 Å². The third-order valence-corrected chi connectivity index (χ3v) is 5.87.